The first-order valence-corrected chi connectivity index (χ1v) is 7.29. The zero-order valence-corrected chi connectivity index (χ0v) is 11.4. The fourth-order valence-electron chi connectivity index (χ4n) is 2.17. The molecule has 0 bridgehead atoms. The number of hydrogen-bond acceptors (Lipinski definition) is 5. The number of nitrogens with two attached hydrogens (primary N) is 1. The molecule has 1 aliphatic carbocycles. The van der Waals surface area contributed by atoms with E-state index in [1.807, 2.05) is 11.8 Å². The first kappa shape index (κ1) is 12.8. The summed E-state index contributed by atoms with van der Waals surface area (Å²) in [5.74, 6) is 1.81. The van der Waals surface area contributed by atoms with Gasteiger partial charge in [0.15, 0.2) is 11.0 Å². The van der Waals surface area contributed by atoms with Gasteiger partial charge in [-0.1, -0.05) is 24.9 Å². The Morgan fingerprint density at radius 1 is 1.53 bits per heavy atom. The molecule has 0 aromatic carbocycles. The second kappa shape index (κ2) is 5.78. The van der Waals surface area contributed by atoms with Crippen LogP contribution in [0.2, 0.25) is 5.15 Å². The van der Waals surface area contributed by atoms with Crippen LogP contribution in [-0.2, 0) is 0 Å². The fraction of sp³-hybridized carbons (Fsp3) is 0.636. The van der Waals surface area contributed by atoms with E-state index in [-0.39, 0.29) is 0 Å². The number of thioether (sulfide) groups is 1. The third-order valence-electron chi connectivity index (χ3n) is 2.99. The zero-order chi connectivity index (χ0) is 12.3. The maximum Gasteiger partial charge on any atom is 0.157 e. The first-order valence-electron chi connectivity index (χ1n) is 5.86. The molecule has 2 atom stereocenters. The smallest absolute Gasteiger partial charge is 0.157 e. The number of nitrogen functional groups attached to an aromatic ring is 1. The topological polar surface area (TPSA) is 63.8 Å². The van der Waals surface area contributed by atoms with E-state index in [4.69, 9.17) is 17.3 Å². The van der Waals surface area contributed by atoms with E-state index in [0.29, 0.717) is 28.0 Å². The van der Waals surface area contributed by atoms with E-state index in [1.165, 1.54) is 25.6 Å². The number of nitrogens with one attached hydrogen (secondary N) is 1. The summed E-state index contributed by atoms with van der Waals surface area (Å²) in [5, 5.41) is 4.37. The van der Waals surface area contributed by atoms with E-state index in [1.54, 1.807) is 0 Å². The molecule has 1 aromatic rings. The van der Waals surface area contributed by atoms with Crippen molar-refractivity contribution in [3.05, 3.63) is 11.5 Å². The van der Waals surface area contributed by atoms with Crippen LogP contribution in [0.3, 0.4) is 0 Å². The molecule has 0 aliphatic heterocycles. The summed E-state index contributed by atoms with van der Waals surface area (Å²) >= 11 is 7.87. The molecule has 1 heterocycles. The molecule has 0 radical (unpaired) electrons. The first-order chi connectivity index (χ1) is 8.22. The highest BCUT2D eigenvalue weighted by Gasteiger charge is 2.27. The molecule has 1 saturated carbocycles. The number of anilines is 2. The van der Waals surface area contributed by atoms with Gasteiger partial charge in [-0.3, -0.25) is 0 Å². The number of rotatable bonds is 4. The van der Waals surface area contributed by atoms with Crippen molar-refractivity contribution < 1.29 is 0 Å². The zero-order valence-electron chi connectivity index (χ0n) is 9.82. The second-order valence-electron chi connectivity index (χ2n) is 4.10. The van der Waals surface area contributed by atoms with Gasteiger partial charge in [-0.05, 0) is 18.6 Å². The highest BCUT2D eigenvalue weighted by Crippen LogP contribution is 2.33. The third kappa shape index (κ3) is 2.96. The number of nitrogens with zero attached hydrogens (tertiary/aromatic N) is 2. The Morgan fingerprint density at radius 2 is 2.35 bits per heavy atom. The minimum absolute atomic E-state index is 0.320. The van der Waals surface area contributed by atoms with Crippen molar-refractivity contribution in [3.8, 4) is 0 Å². The lowest BCUT2D eigenvalue weighted by atomic mass is 10.2. The molecular formula is C11H17ClN4S. The van der Waals surface area contributed by atoms with Crippen LogP contribution in [0, 0.1) is 0 Å². The molecule has 3 N–H and O–H groups in total. The molecule has 1 aliphatic rings. The Hall–Kier alpha value is -0.680. The maximum absolute atomic E-state index is 5.88. The van der Waals surface area contributed by atoms with Gasteiger partial charge in [0.2, 0.25) is 0 Å². The monoisotopic (exact) mass is 272 g/mol. The minimum Gasteiger partial charge on any atom is -0.393 e. The van der Waals surface area contributed by atoms with Crippen molar-refractivity contribution in [2.24, 2.45) is 0 Å². The van der Waals surface area contributed by atoms with Crippen LogP contribution in [0.1, 0.15) is 26.2 Å². The molecule has 2 unspecified atom stereocenters. The Morgan fingerprint density at radius 3 is 3.12 bits per heavy atom. The van der Waals surface area contributed by atoms with Crippen LogP contribution in [0.15, 0.2) is 6.33 Å². The van der Waals surface area contributed by atoms with Gasteiger partial charge < -0.3 is 11.1 Å². The van der Waals surface area contributed by atoms with Crippen molar-refractivity contribution >= 4 is 34.9 Å². The van der Waals surface area contributed by atoms with Crippen LogP contribution in [0.25, 0.3) is 0 Å². The van der Waals surface area contributed by atoms with Crippen molar-refractivity contribution in [2.75, 3.05) is 16.8 Å². The Bertz CT molecular complexity index is 388. The molecule has 17 heavy (non-hydrogen) atoms. The number of hydrogen-bond donors (Lipinski definition) is 2. The lowest BCUT2D eigenvalue weighted by Crippen LogP contribution is -2.27. The molecule has 1 aromatic heterocycles. The Kier molecular flexibility index (Phi) is 4.34. The quantitative estimate of drug-likeness (QED) is 0.825. The van der Waals surface area contributed by atoms with E-state index < -0.39 is 0 Å². The van der Waals surface area contributed by atoms with Crippen molar-refractivity contribution in [3.63, 3.8) is 0 Å². The highest BCUT2D eigenvalue weighted by molar-refractivity contribution is 7.99. The van der Waals surface area contributed by atoms with E-state index >= 15 is 0 Å². The minimum atomic E-state index is 0.320. The summed E-state index contributed by atoms with van der Waals surface area (Å²) in [6, 6.07) is 0.438. The third-order valence-corrected chi connectivity index (χ3v) is 4.62. The maximum atomic E-state index is 5.88. The van der Waals surface area contributed by atoms with Crippen molar-refractivity contribution in [1.82, 2.24) is 9.97 Å². The predicted molar refractivity (Wildman–Crippen MR) is 74.6 cm³/mol. The van der Waals surface area contributed by atoms with Crippen LogP contribution in [0.4, 0.5) is 11.5 Å². The molecule has 4 nitrogen and oxygen atoms in total. The molecular weight excluding hydrogens is 256 g/mol. The molecule has 0 saturated heterocycles. The van der Waals surface area contributed by atoms with Gasteiger partial charge in [-0.25, -0.2) is 9.97 Å². The Labute approximate surface area is 111 Å². The van der Waals surface area contributed by atoms with Crippen LogP contribution in [-0.4, -0.2) is 27.0 Å². The summed E-state index contributed by atoms with van der Waals surface area (Å²) in [4.78, 5) is 8.01. The second-order valence-corrected chi connectivity index (χ2v) is 5.98. The van der Waals surface area contributed by atoms with E-state index in [2.05, 4.69) is 22.2 Å². The molecule has 0 amide bonds. The van der Waals surface area contributed by atoms with Crippen LogP contribution >= 0.6 is 23.4 Å². The van der Waals surface area contributed by atoms with Crippen LogP contribution in [0.5, 0.6) is 0 Å². The van der Waals surface area contributed by atoms with Gasteiger partial charge in [-0.15, -0.1) is 0 Å². The molecule has 2 rings (SSSR count). The average molecular weight is 273 g/mol. The average Bonchev–Trinajstić information content (AvgIpc) is 2.73. The van der Waals surface area contributed by atoms with Gasteiger partial charge in [0.1, 0.15) is 12.0 Å². The van der Waals surface area contributed by atoms with E-state index in [0.717, 1.165) is 5.75 Å². The lowest BCUT2D eigenvalue weighted by molar-refractivity contribution is 0.762. The molecule has 94 valence electrons. The van der Waals surface area contributed by atoms with Crippen LogP contribution < -0.4 is 11.1 Å². The molecule has 6 heteroatoms. The summed E-state index contributed by atoms with van der Waals surface area (Å²) in [6.07, 6.45) is 5.12. The number of halogens is 1. The molecule has 0 spiro atoms. The normalized spacial score (nSPS) is 23.9. The predicted octanol–water partition coefficient (Wildman–Crippen LogP) is 2.80. The van der Waals surface area contributed by atoms with Gasteiger partial charge in [0, 0.05) is 11.3 Å². The van der Waals surface area contributed by atoms with Crippen molar-refractivity contribution in [1.29, 1.82) is 0 Å². The van der Waals surface area contributed by atoms with Gasteiger partial charge in [-0.2, -0.15) is 11.8 Å². The Balaban J connectivity index is 2.07. The summed E-state index contributed by atoms with van der Waals surface area (Å²) in [7, 11) is 0. The lowest BCUT2D eigenvalue weighted by Gasteiger charge is -2.21. The summed E-state index contributed by atoms with van der Waals surface area (Å²) < 4.78 is 0. The van der Waals surface area contributed by atoms with Crippen molar-refractivity contribution in [2.45, 2.75) is 37.5 Å². The molecule has 1 fully saturated rings. The summed E-state index contributed by atoms with van der Waals surface area (Å²) in [5.41, 5.74) is 6.30. The largest absolute Gasteiger partial charge is 0.393 e. The van der Waals surface area contributed by atoms with E-state index in [9.17, 15) is 0 Å². The summed E-state index contributed by atoms with van der Waals surface area (Å²) in [6.45, 7) is 2.19. The SMILES string of the molecule is CCSC1CCCC1Nc1ncnc(Cl)c1N. The standard InChI is InChI=1S/C11H17ClN4S/c1-2-17-8-5-3-4-7(8)16-11-9(13)10(12)14-6-15-11/h6-8H,2-5,13H2,1H3,(H,14,15,16). The van der Waals surface area contributed by atoms with Gasteiger partial charge in [0.05, 0.1) is 0 Å². The van der Waals surface area contributed by atoms with Gasteiger partial charge in [0.25, 0.3) is 0 Å². The fourth-order valence-corrected chi connectivity index (χ4v) is 3.50. The number of aromatic nitrogens is 2. The highest BCUT2D eigenvalue weighted by atomic mass is 35.5. The van der Waals surface area contributed by atoms with Gasteiger partial charge >= 0.3 is 0 Å².